The maximum atomic E-state index is 12.7. The fraction of sp³-hybridized carbons (Fsp3) is 0.417. The van der Waals surface area contributed by atoms with Crippen LogP contribution < -0.4 is 10.0 Å². The molecule has 0 spiro atoms. The number of hydrogen-bond donors (Lipinski definition) is 3. The van der Waals surface area contributed by atoms with Crippen LogP contribution in [-0.2, 0) is 29.8 Å². The van der Waals surface area contributed by atoms with Crippen molar-refractivity contribution in [3.63, 3.8) is 0 Å². The third-order valence-corrected chi connectivity index (χ3v) is 7.56. The van der Waals surface area contributed by atoms with Gasteiger partial charge in [0.05, 0.1) is 16.4 Å². The molecule has 2 aromatic carbocycles. The molecule has 1 heterocycles. The Morgan fingerprint density at radius 2 is 1.72 bits per heavy atom. The predicted octanol–water partition coefficient (Wildman–Crippen LogP) is 3.76. The van der Waals surface area contributed by atoms with Crippen molar-refractivity contribution < 1.29 is 41.0 Å². The fourth-order valence-corrected chi connectivity index (χ4v) is 5.18. The molecule has 196 valence electrons. The van der Waals surface area contributed by atoms with Gasteiger partial charge in [-0.3, -0.25) is 9.52 Å². The predicted molar refractivity (Wildman–Crippen MR) is 125 cm³/mol. The van der Waals surface area contributed by atoms with Gasteiger partial charge in [0.25, 0.3) is 10.0 Å². The molecule has 1 aliphatic carbocycles. The molecule has 1 aliphatic heterocycles. The number of benzene rings is 2. The zero-order chi connectivity index (χ0) is 26.6. The third kappa shape index (κ3) is 6.76. The van der Waals surface area contributed by atoms with E-state index in [1.165, 1.54) is 0 Å². The molecule has 12 heteroatoms. The van der Waals surface area contributed by atoms with Gasteiger partial charge >= 0.3 is 12.1 Å². The first-order valence-electron chi connectivity index (χ1n) is 11.2. The van der Waals surface area contributed by atoms with Crippen LogP contribution in [0.2, 0.25) is 0 Å². The second-order valence-electron chi connectivity index (χ2n) is 8.68. The van der Waals surface area contributed by atoms with Gasteiger partial charge < -0.3 is 15.2 Å². The number of sulfonamides is 1. The zero-order valence-electron chi connectivity index (χ0n) is 19.5. The lowest BCUT2D eigenvalue weighted by Crippen LogP contribution is -2.39. The van der Waals surface area contributed by atoms with E-state index >= 15 is 0 Å². The van der Waals surface area contributed by atoms with Gasteiger partial charge in [0, 0.05) is 18.8 Å². The summed E-state index contributed by atoms with van der Waals surface area (Å²) in [5, 5.41) is 10.2. The van der Waals surface area contributed by atoms with Crippen molar-refractivity contribution in [3.8, 4) is 0 Å². The average molecular weight is 529 g/mol. The average Bonchev–Trinajstić information content (AvgIpc) is 3.45. The maximum absolute atomic E-state index is 12.7. The quantitative estimate of drug-likeness (QED) is 0.503. The highest BCUT2D eigenvalue weighted by atomic mass is 32.2. The van der Waals surface area contributed by atoms with E-state index in [-0.39, 0.29) is 16.9 Å². The summed E-state index contributed by atoms with van der Waals surface area (Å²) in [5.41, 5.74) is 1.59. The van der Waals surface area contributed by atoms with Crippen molar-refractivity contribution in [1.82, 2.24) is 5.32 Å². The minimum atomic E-state index is -5.08. The summed E-state index contributed by atoms with van der Waals surface area (Å²) in [5.74, 6) is -2.73. The number of amides is 1. The molecule has 1 atom stereocenters. The SMILES string of the molecule is Cc1ccccc1S(=O)(=O)Nc1ccc(C2(C(=O)NCC3CCCO3)CC2)cc1.O=C(O)C(F)(F)F. The van der Waals surface area contributed by atoms with Crippen LogP contribution >= 0.6 is 0 Å². The number of carboxylic acid groups (broad SMARTS) is 1. The Morgan fingerprint density at radius 1 is 1.11 bits per heavy atom. The van der Waals surface area contributed by atoms with Crippen molar-refractivity contribution in [2.45, 2.75) is 55.2 Å². The minimum absolute atomic E-state index is 0.0289. The molecule has 8 nitrogen and oxygen atoms in total. The standard InChI is InChI=1S/C22H26N2O4S.C2HF3O2/c1-16-5-2-3-7-20(16)29(26,27)24-18-10-8-17(9-11-18)22(12-13-22)21(25)23-15-19-6-4-14-28-19;3-2(4,5)1(6)7/h2-3,5,7-11,19,24H,4,6,12-15H2,1H3,(H,23,25);(H,6,7). The summed E-state index contributed by atoms with van der Waals surface area (Å²) in [4.78, 5) is 21.9. The molecule has 36 heavy (non-hydrogen) atoms. The Labute approximate surface area is 206 Å². The van der Waals surface area contributed by atoms with Crippen molar-refractivity contribution in [1.29, 1.82) is 0 Å². The summed E-state index contributed by atoms with van der Waals surface area (Å²) < 4.78 is 65.2. The molecule has 3 N–H and O–H groups in total. The second-order valence-corrected chi connectivity index (χ2v) is 10.3. The molecule has 1 unspecified atom stereocenters. The summed E-state index contributed by atoms with van der Waals surface area (Å²) in [6.45, 7) is 3.09. The fourth-order valence-electron chi connectivity index (χ4n) is 3.88. The Balaban J connectivity index is 0.000000454. The van der Waals surface area contributed by atoms with Crippen LogP contribution in [0.5, 0.6) is 0 Å². The number of carboxylic acids is 1. The van der Waals surface area contributed by atoms with E-state index in [1.807, 2.05) is 18.2 Å². The molecule has 2 aliphatic rings. The number of alkyl halides is 3. The van der Waals surface area contributed by atoms with Crippen molar-refractivity contribution in [2.24, 2.45) is 0 Å². The lowest BCUT2D eigenvalue weighted by atomic mass is 9.94. The van der Waals surface area contributed by atoms with Crippen LogP contribution in [-0.4, -0.2) is 50.8 Å². The summed E-state index contributed by atoms with van der Waals surface area (Å²) in [6, 6.07) is 14.0. The topological polar surface area (TPSA) is 122 Å². The lowest BCUT2D eigenvalue weighted by molar-refractivity contribution is -0.192. The highest BCUT2D eigenvalue weighted by molar-refractivity contribution is 7.92. The number of hydrogen-bond acceptors (Lipinski definition) is 5. The van der Waals surface area contributed by atoms with Crippen molar-refractivity contribution in [3.05, 3.63) is 59.7 Å². The van der Waals surface area contributed by atoms with Gasteiger partial charge in [0.15, 0.2) is 0 Å². The lowest BCUT2D eigenvalue weighted by Gasteiger charge is -2.18. The van der Waals surface area contributed by atoms with Crippen LogP contribution in [0.1, 0.15) is 36.8 Å². The molecule has 0 aromatic heterocycles. The van der Waals surface area contributed by atoms with Gasteiger partial charge in [0.2, 0.25) is 5.91 Å². The summed E-state index contributed by atoms with van der Waals surface area (Å²) >= 11 is 0. The minimum Gasteiger partial charge on any atom is -0.475 e. The molecule has 4 rings (SSSR count). The molecule has 0 bridgehead atoms. The Kier molecular flexibility index (Phi) is 8.29. The normalized spacial score (nSPS) is 18.5. The third-order valence-electron chi connectivity index (χ3n) is 6.01. The Hall–Kier alpha value is -3.12. The molecule has 1 amide bonds. The van der Waals surface area contributed by atoms with E-state index in [2.05, 4.69) is 10.0 Å². The number of aryl methyl sites for hydroxylation is 1. The van der Waals surface area contributed by atoms with E-state index in [1.54, 1.807) is 37.3 Å². The molecule has 2 aromatic rings. The first-order valence-corrected chi connectivity index (χ1v) is 12.7. The van der Waals surface area contributed by atoms with E-state index in [4.69, 9.17) is 14.6 Å². The first kappa shape index (κ1) is 27.5. The van der Waals surface area contributed by atoms with Crippen molar-refractivity contribution in [2.75, 3.05) is 17.9 Å². The number of carbonyl (C=O) groups excluding carboxylic acids is 1. The van der Waals surface area contributed by atoms with Crippen LogP contribution in [0.15, 0.2) is 53.4 Å². The number of nitrogens with one attached hydrogen (secondary N) is 2. The zero-order valence-corrected chi connectivity index (χ0v) is 20.3. The van der Waals surface area contributed by atoms with Crippen LogP contribution in [0.3, 0.4) is 0 Å². The number of aliphatic carboxylic acids is 1. The highest BCUT2D eigenvalue weighted by Crippen LogP contribution is 2.48. The van der Waals surface area contributed by atoms with Crippen molar-refractivity contribution >= 4 is 27.6 Å². The van der Waals surface area contributed by atoms with E-state index < -0.39 is 27.6 Å². The summed E-state index contributed by atoms with van der Waals surface area (Å²) in [7, 11) is -3.65. The molecular weight excluding hydrogens is 501 g/mol. The Morgan fingerprint density at radius 3 is 2.22 bits per heavy atom. The van der Waals surface area contributed by atoms with Crippen LogP contribution in [0, 0.1) is 6.92 Å². The van der Waals surface area contributed by atoms with E-state index in [0.717, 1.165) is 37.9 Å². The van der Waals surface area contributed by atoms with Crippen LogP contribution in [0.4, 0.5) is 18.9 Å². The Bertz CT molecular complexity index is 1190. The van der Waals surface area contributed by atoms with Gasteiger partial charge in [0.1, 0.15) is 0 Å². The van der Waals surface area contributed by atoms with Gasteiger partial charge in [-0.15, -0.1) is 0 Å². The molecule has 1 saturated carbocycles. The molecule has 0 radical (unpaired) electrons. The number of anilines is 1. The van der Waals surface area contributed by atoms with E-state index in [0.29, 0.717) is 17.8 Å². The summed E-state index contributed by atoms with van der Waals surface area (Å²) in [6.07, 6.45) is -1.32. The number of carbonyl (C=O) groups is 2. The monoisotopic (exact) mass is 528 g/mol. The number of halogens is 3. The van der Waals surface area contributed by atoms with Gasteiger partial charge in [-0.05, 0) is 61.9 Å². The molecule has 1 saturated heterocycles. The highest BCUT2D eigenvalue weighted by Gasteiger charge is 2.51. The molecular formula is C24H27F3N2O6S. The number of ether oxygens (including phenoxy) is 1. The van der Waals surface area contributed by atoms with Crippen LogP contribution in [0.25, 0.3) is 0 Å². The first-order chi connectivity index (χ1) is 16.8. The van der Waals surface area contributed by atoms with E-state index in [9.17, 15) is 26.4 Å². The maximum Gasteiger partial charge on any atom is 0.490 e. The van der Waals surface area contributed by atoms with Gasteiger partial charge in [-0.25, -0.2) is 13.2 Å². The second kappa shape index (κ2) is 10.9. The molecule has 2 fully saturated rings. The smallest absolute Gasteiger partial charge is 0.475 e. The van der Waals surface area contributed by atoms with Gasteiger partial charge in [-0.1, -0.05) is 30.3 Å². The largest absolute Gasteiger partial charge is 0.490 e. The number of rotatable bonds is 7. The van der Waals surface area contributed by atoms with Gasteiger partial charge in [-0.2, -0.15) is 13.2 Å².